The first-order chi connectivity index (χ1) is 14.8. The summed E-state index contributed by atoms with van der Waals surface area (Å²) in [4.78, 5) is 43.8. The average Bonchev–Trinajstić information content (AvgIpc) is 3.51. The van der Waals surface area contributed by atoms with Gasteiger partial charge >= 0.3 is 12.1 Å². The van der Waals surface area contributed by atoms with E-state index in [-0.39, 0.29) is 42.5 Å². The van der Waals surface area contributed by atoms with E-state index in [1.54, 1.807) is 9.80 Å². The highest BCUT2D eigenvalue weighted by Crippen LogP contribution is 2.46. The van der Waals surface area contributed by atoms with E-state index in [1.807, 2.05) is 18.2 Å². The van der Waals surface area contributed by atoms with E-state index < -0.39 is 6.04 Å². The standard InChI is InChI=1S/C24H32N4O3/c1-24(2)10-8-17(9-11-24)25-22(30)26-12-13-27-20(15-26)21(29)28(23(27)31)19-14-18(19)16-6-4-3-5-7-16/h3-7,17-20H,8-15H2,1-2H3,(H,25,30)/t18-,19+,20+/m1/s1. The Morgan fingerprint density at radius 2 is 1.77 bits per heavy atom. The third-order valence-electron chi connectivity index (χ3n) is 7.62. The van der Waals surface area contributed by atoms with Gasteiger partial charge in [-0.1, -0.05) is 44.2 Å². The van der Waals surface area contributed by atoms with Gasteiger partial charge in [-0.2, -0.15) is 0 Å². The third kappa shape index (κ3) is 3.79. The summed E-state index contributed by atoms with van der Waals surface area (Å²) in [6, 6.07) is 9.38. The van der Waals surface area contributed by atoms with Gasteiger partial charge in [0.25, 0.3) is 5.91 Å². The Labute approximate surface area is 183 Å². The number of benzene rings is 1. The molecule has 0 aromatic heterocycles. The van der Waals surface area contributed by atoms with Crippen LogP contribution in [0.15, 0.2) is 30.3 Å². The van der Waals surface area contributed by atoms with E-state index in [1.165, 1.54) is 10.5 Å². The first-order valence-corrected chi connectivity index (χ1v) is 11.6. The molecule has 5 amide bonds. The minimum Gasteiger partial charge on any atom is -0.335 e. The van der Waals surface area contributed by atoms with Gasteiger partial charge in [0.15, 0.2) is 0 Å². The SMILES string of the molecule is CC1(C)CCC(NC(=O)N2CCN3C(=O)N([C@H]4C[C@@H]4c4ccccc4)C(=O)[C@@H]3C2)CC1. The van der Waals surface area contributed by atoms with Crippen LogP contribution in [0.2, 0.25) is 0 Å². The van der Waals surface area contributed by atoms with Gasteiger partial charge in [-0.3, -0.25) is 9.69 Å². The normalized spacial score (nSPS) is 30.4. The van der Waals surface area contributed by atoms with Crippen LogP contribution in [0.4, 0.5) is 9.59 Å². The number of hydrogen-bond donors (Lipinski definition) is 1. The predicted molar refractivity (Wildman–Crippen MR) is 116 cm³/mol. The number of piperazine rings is 1. The lowest BCUT2D eigenvalue weighted by atomic mass is 9.75. The number of nitrogens with one attached hydrogen (secondary N) is 1. The Morgan fingerprint density at radius 1 is 1.06 bits per heavy atom. The quantitative estimate of drug-likeness (QED) is 0.758. The summed E-state index contributed by atoms with van der Waals surface area (Å²) in [5, 5.41) is 3.17. The van der Waals surface area contributed by atoms with Crippen LogP contribution < -0.4 is 5.32 Å². The molecule has 2 saturated heterocycles. The average molecular weight is 425 g/mol. The second-order valence-electron chi connectivity index (χ2n) is 10.4. The lowest BCUT2D eigenvalue weighted by molar-refractivity contribution is -0.129. The van der Waals surface area contributed by atoms with E-state index in [0.29, 0.717) is 18.5 Å². The number of urea groups is 2. The zero-order chi connectivity index (χ0) is 21.8. The van der Waals surface area contributed by atoms with Gasteiger partial charge in [-0.15, -0.1) is 0 Å². The van der Waals surface area contributed by atoms with Crippen molar-refractivity contribution in [3.05, 3.63) is 35.9 Å². The van der Waals surface area contributed by atoms with Gasteiger partial charge in [0.2, 0.25) is 0 Å². The Balaban J connectivity index is 1.20. The van der Waals surface area contributed by atoms with Crippen molar-refractivity contribution in [2.75, 3.05) is 19.6 Å². The molecule has 2 saturated carbocycles. The molecule has 2 aliphatic carbocycles. The lowest BCUT2D eigenvalue weighted by Crippen LogP contribution is -2.58. The molecule has 5 rings (SSSR count). The Bertz CT molecular complexity index is 876. The smallest absolute Gasteiger partial charge is 0.327 e. The van der Waals surface area contributed by atoms with E-state index in [9.17, 15) is 14.4 Å². The summed E-state index contributed by atoms with van der Waals surface area (Å²) < 4.78 is 0. The van der Waals surface area contributed by atoms with Crippen LogP contribution in [-0.2, 0) is 4.79 Å². The highest BCUT2D eigenvalue weighted by Gasteiger charge is 2.56. The van der Waals surface area contributed by atoms with Crippen LogP contribution in [0.25, 0.3) is 0 Å². The van der Waals surface area contributed by atoms with E-state index in [4.69, 9.17) is 0 Å². The molecule has 1 N–H and O–H groups in total. The zero-order valence-electron chi connectivity index (χ0n) is 18.4. The van der Waals surface area contributed by atoms with Crippen molar-refractivity contribution in [2.45, 2.75) is 70.0 Å². The fourth-order valence-corrected chi connectivity index (χ4v) is 5.44. The van der Waals surface area contributed by atoms with Crippen LogP contribution in [0.1, 0.15) is 57.4 Å². The number of rotatable bonds is 3. The molecule has 1 aromatic carbocycles. The van der Waals surface area contributed by atoms with Gasteiger partial charge < -0.3 is 15.1 Å². The zero-order valence-corrected chi connectivity index (χ0v) is 18.4. The number of amides is 5. The van der Waals surface area contributed by atoms with E-state index in [2.05, 4.69) is 31.3 Å². The molecule has 7 nitrogen and oxygen atoms in total. The first kappa shape index (κ1) is 20.3. The number of carbonyl (C=O) groups excluding carboxylic acids is 3. The Hall–Kier alpha value is -2.57. The molecule has 2 aliphatic heterocycles. The van der Waals surface area contributed by atoms with Gasteiger partial charge in [-0.25, -0.2) is 9.59 Å². The molecule has 7 heteroatoms. The summed E-state index contributed by atoms with van der Waals surface area (Å²) >= 11 is 0. The van der Waals surface area contributed by atoms with E-state index in [0.717, 1.165) is 32.1 Å². The van der Waals surface area contributed by atoms with Crippen molar-refractivity contribution in [1.29, 1.82) is 0 Å². The van der Waals surface area contributed by atoms with Crippen molar-refractivity contribution in [3.8, 4) is 0 Å². The van der Waals surface area contributed by atoms with Crippen LogP contribution >= 0.6 is 0 Å². The minimum absolute atomic E-state index is 0.0548. The summed E-state index contributed by atoms with van der Waals surface area (Å²) in [5.41, 5.74) is 1.53. The fraction of sp³-hybridized carbons (Fsp3) is 0.625. The largest absolute Gasteiger partial charge is 0.335 e. The maximum atomic E-state index is 13.1. The van der Waals surface area contributed by atoms with Crippen molar-refractivity contribution >= 4 is 18.0 Å². The molecule has 166 valence electrons. The van der Waals surface area contributed by atoms with Gasteiger partial charge in [-0.05, 0) is 43.1 Å². The van der Waals surface area contributed by atoms with Gasteiger partial charge in [0.05, 0.1) is 6.54 Å². The number of hydrogen-bond acceptors (Lipinski definition) is 3. The molecule has 0 spiro atoms. The second kappa shape index (κ2) is 7.53. The summed E-state index contributed by atoms with van der Waals surface area (Å²) in [7, 11) is 0. The predicted octanol–water partition coefficient (Wildman–Crippen LogP) is 3.17. The van der Waals surface area contributed by atoms with E-state index >= 15 is 0 Å². The minimum atomic E-state index is -0.547. The van der Waals surface area contributed by atoms with Gasteiger partial charge in [0.1, 0.15) is 6.04 Å². The summed E-state index contributed by atoms with van der Waals surface area (Å²) in [5.74, 6) is 0.0794. The van der Waals surface area contributed by atoms with Gasteiger partial charge in [0, 0.05) is 31.1 Å². The number of carbonyl (C=O) groups is 3. The Morgan fingerprint density at radius 3 is 2.48 bits per heavy atom. The molecule has 0 radical (unpaired) electrons. The highest BCUT2D eigenvalue weighted by molar-refractivity contribution is 6.05. The molecule has 31 heavy (non-hydrogen) atoms. The molecule has 1 aromatic rings. The number of nitrogens with zero attached hydrogens (tertiary/aromatic N) is 3. The lowest BCUT2D eigenvalue weighted by Gasteiger charge is -2.38. The van der Waals surface area contributed by atoms with Crippen molar-refractivity contribution in [2.24, 2.45) is 5.41 Å². The topological polar surface area (TPSA) is 73.0 Å². The Kier molecular flexibility index (Phi) is 4.94. The number of fused-ring (bicyclic) bond motifs is 1. The number of imide groups is 1. The first-order valence-electron chi connectivity index (χ1n) is 11.6. The van der Waals surface area contributed by atoms with Crippen LogP contribution in [0, 0.1) is 5.41 Å². The van der Waals surface area contributed by atoms with Crippen LogP contribution in [0.3, 0.4) is 0 Å². The third-order valence-corrected chi connectivity index (χ3v) is 7.62. The summed E-state index contributed by atoms with van der Waals surface area (Å²) in [6.07, 6.45) is 5.04. The highest BCUT2D eigenvalue weighted by atomic mass is 16.2. The molecular weight excluding hydrogens is 392 g/mol. The van der Waals surface area contributed by atoms with Crippen molar-refractivity contribution in [3.63, 3.8) is 0 Å². The summed E-state index contributed by atoms with van der Waals surface area (Å²) in [6.45, 7) is 5.73. The molecule has 0 bridgehead atoms. The fourth-order valence-electron chi connectivity index (χ4n) is 5.44. The van der Waals surface area contributed by atoms with Crippen LogP contribution in [-0.4, -0.2) is 70.4 Å². The maximum absolute atomic E-state index is 13.1. The molecule has 3 atom stereocenters. The van der Waals surface area contributed by atoms with Crippen molar-refractivity contribution < 1.29 is 14.4 Å². The second-order valence-corrected chi connectivity index (χ2v) is 10.4. The molecule has 0 unspecified atom stereocenters. The van der Waals surface area contributed by atoms with Crippen molar-refractivity contribution in [1.82, 2.24) is 20.0 Å². The molecule has 4 aliphatic rings. The molecule has 4 fully saturated rings. The monoisotopic (exact) mass is 424 g/mol. The molecular formula is C24H32N4O3. The van der Waals surface area contributed by atoms with Crippen LogP contribution in [0.5, 0.6) is 0 Å². The maximum Gasteiger partial charge on any atom is 0.327 e. The molecule has 2 heterocycles.